The molecule has 3 aromatic rings. The Morgan fingerprint density at radius 2 is 1.88 bits per heavy atom. The van der Waals surface area contributed by atoms with Crippen LogP contribution < -0.4 is 5.32 Å². The molecule has 0 aliphatic heterocycles. The van der Waals surface area contributed by atoms with Gasteiger partial charge in [0.25, 0.3) is 0 Å². The molecule has 0 saturated carbocycles. The average molecular weight is 339 g/mol. The predicted molar refractivity (Wildman–Crippen MR) is 94.7 cm³/mol. The molecule has 24 heavy (non-hydrogen) atoms. The molecule has 0 atom stereocenters. The summed E-state index contributed by atoms with van der Waals surface area (Å²) in [6.07, 6.45) is 8.48. The van der Waals surface area contributed by atoms with E-state index < -0.39 is 0 Å². The van der Waals surface area contributed by atoms with Gasteiger partial charge in [0, 0.05) is 35.8 Å². The van der Waals surface area contributed by atoms with Crippen molar-refractivity contribution in [1.82, 2.24) is 14.8 Å². The Bertz CT molecular complexity index is 841. The molecule has 5 nitrogen and oxygen atoms in total. The molecule has 2 heterocycles. The summed E-state index contributed by atoms with van der Waals surface area (Å²) in [7, 11) is 0. The van der Waals surface area contributed by atoms with E-state index in [4.69, 9.17) is 11.6 Å². The lowest BCUT2D eigenvalue weighted by molar-refractivity contribution is -0.111. The molecule has 1 N–H and O–H groups in total. The summed E-state index contributed by atoms with van der Waals surface area (Å²) in [5, 5.41) is 7.72. The monoisotopic (exact) mass is 338 g/mol. The summed E-state index contributed by atoms with van der Waals surface area (Å²) in [5.74, 6) is 0.272. The molecule has 0 spiro atoms. The maximum atomic E-state index is 11.9. The highest BCUT2D eigenvalue weighted by atomic mass is 35.5. The fourth-order valence-electron chi connectivity index (χ4n) is 2.11. The molecule has 3 rings (SSSR count). The number of amides is 1. The van der Waals surface area contributed by atoms with Gasteiger partial charge in [-0.25, -0.2) is 0 Å². The second-order valence-electron chi connectivity index (χ2n) is 5.13. The van der Waals surface area contributed by atoms with Gasteiger partial charge in [-0.05, 0) is 41.5 Å². The van der Waals surface area contributed by atoms with Crippen molar-refractivity contribution in [3.8, 4) is 0 Å². The van der Waals surface area contributed by atoms with Crippen molar-refractivity contribution in [2.75, 3.05) is 5.32 Å². The minimum absolute atomic E-state index is 0.237. The summed E-state index contributed by atoms with van der Waals surface area (Å²) in [6.45, 7) is 0.624. The van der Waals surface area contributed by atoms with Gasteiger partial charge in [-0.15, -0.1) is 0 Å². The Labute approximate surface area is 144 Å². The van der Waals surface area contributed by atoms with Gasteiger partial charge in [-0.2, -0.15) is 5.10 Å². The summed E-state index contributed by atoms with van der Waals surface area (Å²) < 4.78 is 1.76. The first-order valence-corrected chi connectivity index (χ1v) is 7.74. The molecule has 0 aliphatic carbocycles. The van der Waals surface area contributed by atoms with Crippen LogP contribution in [0, 0.1) is 0 Å². The van der Waals surface area contributed by atoms with Gasteiger partial charge >= 0.3 is 0 Å². The summed E-state index contributed by atoms with van der Waals surface area (Å²) in [6, 6.07) is 12.9. The number of hydrogen-bond acceptors (Lipinski definition) is 3. The average Bonchev–Trinajstić information content (AvgIpc) is 3.02. The van der Waals surface area contributed by atoms with Gasteiger partial charge < -0.3 is 5.32 Å². The normalized spacial score (nSPS) is 10.9. The number of benzene rings is 1. The Balaban J connectivity index is 1.58. The van der Waals surface area contributed by atoms with E-state index >= 15 is 0 Å². The van der Waals surface area contributed by atoms with Crippen molar-refractivity contribution in [2.45, 2.75) is 6.54 Å². The lowest BCUT2D eigenvalue weighted by atomic mass is 10.2. The Kier molecular flexibility index (Phi) is 5.03. The first kappa shape index (κ1) is 16.0. The van der Waals surface area contributed by atoms with Gasteiger partial charge in [0.15, 0.2) is 5.82 Å². The number of nitrogens with one attached hydrogen (secondary N) is 1. The zero-order valence-corrected chi connectivity index (χ0v) is 13.5. The maximum absolute atomic E-state index is 11.9. The first-order chi connectivity index (χ1) is 11.7. The number of nitrogens with zero attached hydrogens (tertiary/aromatic N) is 3. The SMILES string of the molecule is O=C(C=Cc1ccc(Cl)cc1)Nc1ccn(Cc2ccncc2)n1. The molecule has 0 saturated heterocycles. The number of carbonyl (C=O) groups excluding carboxylic acids is 1. The summed E-state index contributed by atoms with van der Waals surface area (Å²) >= 11 is 5.82. The third-order valence-corrected chi connectivity index (χ3v) is 3.53. The molecular formula is C18H15ClN4O. The third kappa shape index (κ3) is 4.54. The van der Waals surface area contributed by atoms with E-state index in [-0.39, 0.29) is 5.91 Å². The van der Waals surface area contributed by atoms with Crippen LogP contribution in [0.1, 0.15) is 11.1 Å². The van der Waals surface area contributed by atoms with E-state index in [1.165, 1.54) is 6.08 Å². The quantitative estimate of drug-likeness (QED) is 0.723. The molecule has 1 amide bonds. The van der Waals surface area contributed by atoms with Crippen molar-refractivity contribution < 1.29 is 4.79 Å². The second kappa shape index (κ2) is 7.57. The number of halogens is 1. The van der Waals surface area contributed by atoms with Crippen LogP contribution in [0.3, 0.4) is 0 Å². The van der Waals surface area contributed by atoms with Gasteiger partial charge in [0.2, 0.25) is 5.91 Å². The zero-order valence-electron chi connectivity index (χ0n) is 12.8. The molecular weight excluding hydrogens is 324 g/mol. The first-order valence-electron chi connectivity index (χ1n) is 7.36. The Hall–Kier alpha value is -2.92. The Morgan fingerprint density at radius 3 is 2.62 bits per heavy atom. The number of pyridine rings is 1. The molecule has 120 valence electrons. The Morgan fingerprint density at radius 1 is 1.12 bits per heavy atom. The van der Waals surface area contributed by atoms with Crippen LogP contribution in [0.5, 0.6) is 0 Å². The molecule has 0 bridgehead atoms. The van der Waals surface area contributed by atoms with Gasteiger partial charge in [0.1, 0.15) is 0 Å². The summed E-state index contributed by atoms with van der Waals surface area (Å²) in [4.78, 5) is 15.9. The zero-order chi connectivity index (χ0) is 16.8. The van der Waals surface area contributed by atoms with Gasteiger partial charge in [-0.1, -0.05) is 23.7 Å². The van der Waals surface area contributed by atoms with Crippen LogP contribution in [0.15, 0.2) is 67.1 Å². The van der Waals surface area contributed by atoms with E-state index in [2.05, 4.69) is 15.4 Å². The third-order valence-electron chi connectivity index (χ3n) is 3.28. The fraction of sp³-hybridized carbons (Fsp3) is 0.0556. The smallest absolute Gasteiger partial charge is 0.249 e. The maximum Gasteiger partial charge on any atom is 0.249 e. The van der Waals surface area contributed by atoms with Crippen LogP contribution >= 0.6 is 11.6 Å². The number of carbonyl (C=O) groups is 1. The highest BCUT2D eigenvalue weighted by Gasteiger charge is 2.03. The van der Waals surface area contributed by atoms with E-state index in [9.17, 15) is 4.79 Å². The highest BCUT2D eigenvalue weighted by Crippen LogP contribution is 2.11. The van der Waals surface area contributed by atoms with Crippen molar-refractivity contribution in [3.63, 3.8) is 0 Å². The molecule has 1 aromatic carbocycles. The summed E-state index contributed by atoms with van der Waals surface area (Å²) in [5.41, 5.74) is 1.99. The van der Waals surface area contributed by atoms with Gasteiger partial charge in [-0.3, -0.25) is 14.5 Å². The molecule has 6 heteroatoms. The van der Waals surface area contributed by atoms with Crippen molar-refractivity contribution in [1.29, 1.82) is 0 Å². The van der Waals surface area contributed by atoms with Crippen LogP contribution in [-0.4, -0.2) is 20.7 Å². The van der Waals surface area contributed by atoms with Crippen LogP contribution in [0.4, 0.5) is 5.82 Å². The number of rotatable bonds is 5. The minimum Gasteiger partial charge on any atom is -0.306 e. The van der Waals surface area contributed by atoms with E-state index in [1.807, 2.05) is 30.5 Å². The van der Waals surface area contributed by atoms with Crippen LogP contribution in [0.25, 0.3) is 6.08 Å². The largest absolute Gasteiger partial charge is 0.306 e. The molecule has 0 unspecified atom stereocenters. The minimum atomic E-state index is -0.237. The highest BCUT2D eigenvalue weighted by molar-refractivity contribution is 6.30. The molecule has 0 fully saturated rings. The number of hydrogen-bond donors (Lipinski definition) is 1. The second-order valence-corrected chi connectivity index (χ2v) is 5.56. The molecule has 2 aromatic heterocycles. The van der Waals surface area contributed by atoms with E-state index in [0.29, 0.717) is 17.4 Å². The number of aromatic nitrogens is 3. The fourth-order valence-corrected chi connectivity index (χ4v) is 2.23. The molecule has 0 radical (unpaired) electrons. The molecule has 0 aliphatic rings. The lowest BCUT2D eigenvalue weighted by Gasteiger charge is -2.01. The van der Waals surface area contributed by atoms with E-state index in [1.54, 1.807) is 41.4 Å². The van der Waals surface area contributed by atoms with E-state index in [0.717, 1.165) is 11.1 Å². The predicted octanol–water partition coefficient (Wildman–Crippen LogP) is 3.63. The van der Waals surface area contributed by atoms with Gasteiger partial charge in [0.05, 0.1) is 6.54 Å². The topological polar surface area (TPSA) is 59.8 Å². The standard InChI is InChI=1S/C18H15ClN4O/c19-16-4-1-14(2-5-16)3-6-18(24)21-17-9-12-23(22-17)13-15-7-10-20-11-8-15/h1-12H,13H2,(H,21,22,24). The van der Waals surface area contributed by atoms with Crippen molar-refractivity contribution in [3.05, 3.63) is 83.3 Å². The van der Waals surface area contributed by atoms with Crippen LogP contribution in [0.2, 0.25) is 5.02 Å². The van der Waals surface area contributed by atoms with Crippen molar-refractivity contribution in [2.24, 2.45) is 0 Å². The number of anilines is 1. The van der Waals surface area contributed by atoms with Crippen molar-refractivity contribution >= 4 is 29.4 Å². The lowest BCUT2D eigenvalue weighted by Crippen LogP contribution is -2.09. The van der Waals surface area contributed by atoms with Crippen LogP contribution in [-0.2, 0) is 11.3 Å².